The molecule has 0 unspecified atom stereocenters. The Morgan fingerprint density at radius 2 is 1.73 bits per heavy atom. The highest BCUT2D eigenvalue weighted by Crippen LogP contribution is 2.37. The summed E-state index contributed by atoms with van der Waals surface area (Å²) >= 11 is 18.5. The Kier molecular flexibility index (Phi) is 10.5. The van der Waals surface area contributed by atoms with Crippen LogP contribution in [0.1, 0.15) is 31.4 Å². The monoisotopic (exact) mass is 558 g/mol. The Labute approximate surface area is 231 Å². The summed E-state index contributed by atoms with van der Waals surface area (Å²) in [5.74, 6) is 0.905. The minimum atomic E-state index is -0.565. The van der Waals surface area contributed by atoms with Gasteiger partial charge in [-0.15, -0.1) is 0 Å². The van der Waals surface area contributed by atoms with Gasteiger partial charge in [-0.1, -0.05) is 47.8 Å². The minimum absolute atomic E-state index is 0.0987. The molecular weight excluding hydrogens is 535 g/mol. The normalized spacial score (nSPS) is 11.0. The largest absolute Gasteiger partial charge is 0.490 e. The number of nitrogens with one attached hydrogen (secondary N) is 1. The Bertz CT molecular complexity index is 1320. The van der Waals surface area contributed by atoms with Crippen molar-refractivity contribution in [1.29, 1.82) is 5.26 Å². The molecule has 37 heavy (non-hydrogen) atoms. The van der Waals surface area contributed by atoms with Gasteiger partial charge in [0.15, 0.2) is 11.5 Å². The summed E-state index contributed by atoms with van der Waals surface area (Å²) in [6, 6.07) is 17.2. The van der Waals surface area contributed by atoms with Crippen LogP contribution >= 0.6 is 34.8 Å². The molecule has 3 aromatic carbocycles. The van der Waals surface area contributed by atoms with Crippen LogP contribution in [0.5, 0.6) is 17.2 Å². The minimum Gasteiger partial charge on any atom is -0.490 e. The Morgan fingerprint density at radius 3 is 2.38 bits per heavy atom. The van der Waals surface area contributed by atoms with E-state index in [0.29, 0.717) is 56.8 Å². The summed E-state index contributed by atoms with van der Waals surface area (Å²) in [5.41, 5.74) is 1.73. The van der Waals surface area contributed by atoms with Crippen LogP contribution in [-0.2, 0) is 11.4 Å². The average Bonchev–Trinajstić information content (AvgIpc) is 2.87. The van der Waals surface area contributed by atoms with Gasteiger partial charge in [0.2, 0.25) is 0 Å². The molecule has 0 heterocycles. The summed E-state index contributed by atoms with van der Waals surface area (Å²) in [5, 5.41) is 13.7. The quantitative estimate of drug-likeness (QED) is 0.190. The first-order valence-corrected chi connectivity index (χ1v) is 12.7. The van der Waals surface area contributed by atoms with Crippen LogP contribution in [0.2, 0.25) is 15.1 Å². The van der Waals surface area contributed by atoms with Gasteiger partial charge in [-0.2, -0.15) is 5.26 Å². The number of hydrogen-bond donors (Lipinski definition) is 1. The molecule has 0 bridgehead atoms. The van der Waals surface area contributed by atoms with Crippen LogP contribution < -0.4 is 19.5 Å². The zero-order chi connectivity index (χ0) is 26.8. The molecule has 9 heteroatoms. The van der Waals surface area contributed by atoms with E-state index in [9.17, 15) is 10.1 Å². The van der Waals surface area contributed by atoms with E-state index in [1.165, 1.54) is 6.08 Å². The Balaban J connectivity index is 1.69. The smallest absolute Gasteiger partial charge is 0.266 e. The summed E-state index contributed by atoms with van der Waals surface area (Å²) in [6.45, 7) is 4.99. The fourth-order valence-electron chi connectivity index (χ4n) is 3.23. The van der Waals surface area contributed by atoms with E-state index in [4.69, 9.17) is 49.0 Å². The molecule has 1 amide bonds. The van der Waals surface area contributed by atoms with E-state index < -0.39 is 5.91 Å². The maximum absolute atomic E-state index is 12.8. The van der Waals surface area contributed by atoms with Crippen molar-refractivity contribution in [3.63, 3.8) is 0 Å². The van der Waals surface area contributed by atoms with Crippen molar-refractivity contribution in [1.82, 2.24) is 0 Å². The molecular formula is C28H25Cl3N2O4. The lowest BCUT2D eigenvalue weighted by Crippen LogP contribution is -2.13. The topological polar surface area (TPSA) is 80.6 Å². The van der Waals surface area contributed by atoms with Crippen LogP contribution in [-0.4, -0.2) is 19.1 Å². The molecule has 0 fully saturated rings. The number of hydrogen-bond acceptors (Lipinski definition) is 5. The van der Waals surface area contributed by atoms with Crippen LogP contribution in [0.15, 0.2) is 60.2 Å². The Morgan fingerprint density at radius 1 is 0.973 bits per heavy atom. The molecule has 0 aliphatic carbocycles. The highest BCUT2D eigenvalue weighted by Gasteiger charge is 2.15. The average molecular weight is 560 g/mol. The second kappa shape index (κ2) is 13.8. The molecule has 6 nitrogen and oxygen atoms in total. The molecule has 0 saturated heterocycles. The van der Waals surface area contributed by atoms with Gasteiger partial charge in [0.1, 0.15) is 24.0 Å². The number of halogens is 3. The van der Waals surface area contributed by atoms with Crippen molar-refractivity contribution in [2.75, 3.05) is 18.5 Å². The van der Waals surface area contributed by atoms with E-state index in [1.807, 2.05) is 19.9 Å². The number of ether oxygens (including phenoxy) is 3. The molecule has 0 aromatic heterocycles. The third-order valence-corrected chi connectivity index (χ3v) is 5.85. The van der Waals surface area contributed by atoms with Gasteiger partial charge in [-0.25, -0.2) is 0 Å². The van der Waals surface area contributed by atoms with Crippen molar-refractivity contribution < 1.29 is 19.0 Å². The van der Waals surface area contributed by atoms with Crippen LogP contribution in [0, 0.1) is 11.3 Å². The van der Waals surface area contributed by atoms with Gasteiger partial charge in [0.05, 0.1) is 18.2 Å². The molecule has 0 radical (unpaired) electrons. The van der Waals surface area contributed by atoms with E-state index in [1.54, 1.807) is 54.6 Å². The number of carbonyl (C=O) groups is 1. The fourth-order valence-corrected chi connectivity index (χ4v) is 3.96. The first-order chi connectivity index (χ1) is 17.8. The fraction of sp³-hybridized carbons (Fsp3) is 0.214. The molecule has 3 aromatic rings. The van der Waals surface area contributed by atoms with Gasteiger partial charge >= 0.3 is 0 Å². The first kappa shape index (κ1) is 28.2. The summed E-state index contributed by atoms with van der Waals surface area (Å²) in [4.78, 5) is 12.8. The first-order valence-electron chi connectivity index (χ1n) is 11.5. The lowest BCUT2D eigenvalue weighted by molar-refractivity contribution is -0.112. The predicted octanol–water partition coefficient (Wildman–Crippen LogP) is 7.96. The van der Waals surface area contributed by atoms with E-state index in [2.05, 4.69) is 5.32 Å². The molecule has 0 saturated carbocycles. The van der Waals surface area contributed by atoms with Gasteiger partial charge in [-0.3, -0.25) is 4.79 Å². The van der Waals surface area contributed by atoms with Gasteiger partial charge in [-0.05, 0) is 73.5 Å². The standard InChI is InChI=1S/C28H25Cl3N2O4/c1-3-11-36-27-25(31)13-18(14-26(27)35-4-2)12-20(16-32)28(34)33-22-7-9-23(10-8-22)37-17-19-5-6-21(29)15-24(19)30/h5-10,12-15H,3-4,11,17H2,1-2H3,(H,33,34)/b20-12+. The molecule has 3 rings (SSSR count). The number of benzene rings is 3. The van der Waals surface area contributed by atoms with Gasteiger partial charge in [0, 0.05) is 21.3 Å². The zero-order valence-corrected chi connectivity index (χ0v) is 22.6. The molecule has 0 atom stereocenters. The van der Waals surface area contributed by atoms with Gasteiger partial charge in [0.25, 0.3) is 5.91 Å². The van der Waals surface area contributed by atoms with E-state index in [-0.39, 0.29) is 12.2 Å². The second-order valence-corrected chi connectivity index (χ2v) is 9.04. The lowest BCUT2D eigenvalue weighted by Gasteiger charge is -2.14. The molecule has 0 aliphatic rings. The van der Waals surface area contributed by atoms with Gasteiger partial charge < -0.3 is 19.5 Å². The number of nitriles is 1. The summed E-state index contributed by atoms with van der Waals surface area (Å²) < 4.78 is 17.1. The zero-order valence-electron chi connectivity index (χ0n) is 20.3. The van der Waals surface area contributed by atoms with Crippen LogP contribution in [0.3, 0.4) is 0 Å². The van der Waals surface area contributed by atoms with Crippen molar-refractivity contribution in [2.45, 2.75) is 26.9 Å². The number of rotatable bonds is 11. The lowest BCUT2D eigenvalue weighted by atomic mass is 10.1. The number of carbonyl (C=O) groups excluding carboxylic acids is 1. The summed E-state index contributed by atoms with van der Waals surface area (Å²) in [7, 11) is 0. The predicted molar refractivity (Wildman–Crippen MR) is 148 cm³/mol. The van der Waals surface area contributed by atoms with E-state index in [0.717, 1.165) is 12.0 Å². The maximum atomic E-state index is 12.8. The highest BCUT2D eigenvalue weighted by molar-refractivity contribution is 6.35. The van der Waals surface area contributed by atoms with Crippen molar-refractivity contribution in [3.8, 4) is 23.3 Å². The highest BCUT2D eigenvalue weighted by atomic mass is 35.5. The SMILES string of the molecule is CCCOc1c(Cl)cc(/C=C(\C#N)C(=O)Nc2ccc(OCc3ccc(Cl)cc3Cl)cc2)cc1OCC. The molecule has 192 valence electrons. The van der Waals surface area contributed by atoms with Crippen molar-refractivity contribution >= 4 is 52.5 Å². The maximum Gasteiger partial charge on any atom is 0.266 e. The van der Waals surface area contributed by atoms with Crippen LogP contribution in [0.4, 0.5) is 5.69 Å². The molecule has 0 aliphatic heterocycles. The number of nitrogens with zero attached hydrogens (tertiary/aromatic N) is 1. The van der Waals surface area contributed by atoms with Crippen LogP contribution in [0.25, 0.3) is 6.08 Å². The van der Waals surface area contributed by atoms with Crippen molar-refractivity contribution in [2.24, 2.45) is 0 Å². The molecule has 1 N–H and O–H groups in total. The summed E-state index contributed by atoms with van der Waals surface area (Å²) in [6.07, 6.45) is 2.26. The third-order valence-electron chi connectivity index (χ3n) is 4.98. The third kappa shape index (κ3) is 8.06. The van der Waals surface area contributed by atoms with Crippen molar-refractivity contribution in [3.05, 3.63) is 86.4 Å². The number of amides is 1. The molecule has 0 spiro atoms. The number of anilines is 1. The second-order valence-electron chi connectivity index (χ2n) is 7.78. The van der Waals surface area contributed by atoms with E-state index >= 15 is 0 Å². The Hall–Kier alpha value is -3.37.